The van der Waals surface area contributed by atoms with Crippen LogP contribution in [0.15, 0.2) is 67.1 Å². The van der Waals surface area contributed by atoms with Crippen LogP contribution in [0.25, 0.3) is 34.1 Å². The summed E-state index contributed by atoms with van der Waals surface area (Å²) in [6.45, 7) is 1.43. The van der Waals surface area contributed by atoms with E-state index in [4.69, 9.17) is 39.8 Å². The number of amides is 1. The number of aromatic nitrogens is 5. The van der Waals surface area contributed by atoms with E-state index >= 15 is 0 Å². The van der Waals surface area contributed by atoms with Gasteiger partial charge < -0.3 is 5.32 Å². The second-order valence-electron chi connectivity index (χ2n) is 7.23. The van der Waals surface area contributed by atoms with Crippen molar-refractivity contribution in [1.82, 2.24) is 24.1 Å². The Morgan fingerprint density at radius 1 is 1.00 bits per heavy atom. The van der Waals surface area contributed by atoms with Crippen molar-refractivity contribution in [3.63, 3.8) is 0 Å². The lowest BCUT2D eigenvalue weighted by Crippen LogP contribution is -2.07. The Balaban J connectivity index is 1.73. The quantitative estimate of drug-likeness (QED) is 0.322. The van der Waals surface area contributed by atoms with Crippen LogP contribution in [0.5, 0.6) is 0 Å². The molecule has 0 bridgehead atoms. The molecule has 0 radical (unpaired) electrons. The van der Waals surface area contributed by atoms with Gasteiger partial charge in [-0.25, -0.2) is 4.98 Å². The third kappa shape index (κ3) is 3.95. The van der Waals surface area contributed by atoms with Crippen LogP contribution in [0.3, 0.4) is 0 Å². The van der Waals surface area contributed by atoms with Gasteiger partial charge in [0.25, 0.3) is 0 Å². The van der Waals surface area contributed by atoms with Crippen molar-refractivity contribution in [3.8, 4) is 28.5 Å². The molecule has 0 saturated carbocycles. The molecule has 1 amide bonds. The molecule has 0 fully saturated rings. The number of nitrogens with one attached hydrogen (secondary N) is 1. The standard InChI is InChI=1S/C23H15Cl3N6O/c1-13(33)28-19-8-6-15(11-18(19)26)32-12-27-30-23(32)22-21(16-10-14(24)5-7-17(16)25)29-20-4-2-3-9-31(20)22/h2-12H,1H3,(H,28,33). The minimum absolute atomic E-state index is 0.205. The summed E-state index contributed by atoms with van der Waals surface area (Å²) < 4.78 is 3.71. The van der Waals surface area contributed by atoms with Crippen LogP contribution < -0.4 is 5.32 Å². The van der Waals surface area contributed by atoms with Gasteiger partial charge in [0.2, 0.25) is 5.91 Å². The number of carbonyl (C=O) groups excluding carboxylic acids is 1. The number of hydrogen-bond donors (Lipinski definition) is 1. The van der Waals surface area contributed by atoms with Gasteiger partial charge in [0, 0.05) is 23.7 Å². The highest BCUT2D eigenvalue weighted by Gasteiger charge is 2.23. The van der Waals surface area contributed by atoms with Gasteiger partial charge in [-0.15, -0.1) is 10.2 Å². The third-order valence-corrected chi connectivity index (χ3v) is 5.89. The fourth-order valence-corrected chi connectivity index (χ4v) is 4.21. The van der Waals surface area contributed by atoms with Crippen LogP contribution in [0.2, 0.25) is 15.1 Å². The van der Waals surface area contributed by atoms with E-state index in [1.165, 1.54) is 6.92 Å². The highest BCUT2D eigenvalue weighted by Crippen LogP contribution is 2.38. The summed E-state index contributed by atoms with van der Waals surface area (Å²) >= 11 is 19.2. The Hall–Kier alpha value is -3.39. The third-order valence-electron chi connectivity index (χ3n) is 5.01. The summed E-state index contributed by atoms with van der Waals surface area (Å²) in [4.78, 5) is 16.2. The van der Waals surface area contributed by atoms with Crippen LogP contribution in [0.4, 0.5) is 5.69 Å². The normalized spacial score (nSPS) is 11.2. The second-order valence-corrected chi connectivity index (χ2v) is 8.48. The van der Waals surface area contributed by atoms with Crippen LogP contribution >= 0.6 is 34.8 Å². The fourth-order valence-electron chi connectivity index (χ4n) is 3.61. The van der Waals surface area contributed by atoms with Crippen LogP contribution in [0, 0.1) is 0 Å². The van der Waals surface area contributed by atoms with E-state index in [-0.39, 0.29) is 5.91 Å². The molecule has 10 heteroatoms. The number of nitrogens with zero attached hydrogens (tertiary/aromatic N) is 5. The Morgan fingerprint density at radius 2 is 1.85 bits per heavy atom. The van der Waals surface area contributed by atoms with Gasteiger partial charge in [0.15, 0.2) is 5.82 Å². The van der Waals surface area contributed by atoms with Crippen LogP contribution in [0.1, 0.15) is 6.92 Å². The van der Waals surface area contributed by atoms with E-state index in [9.17, 15) is 4.79 Å². The van der Waals surface area contributed by atoms with E-state index < -0.39 is 0 Å². The molecule has 0 spiro atoms. The molecule has 0 atom stereocenters. The molecule has 3 aromatic heterocycles. The van der Waals surface area contributed by atoms with Crippen molar-refractivity contribution in [2.45, 2.75) is 6.92 Å². The lowest BCUT2D eigenvalue weighted by molar-refractivity contribution is -0.114. The zero-order valence-corrected chi connectivity index (χ0v) is 19.4. The van der Waals surface area contributed by atoms with E-state index in [1.54, 1.807) is 41.2 Å². The first-order chi connectivity index (χ1) is 15.9. The molecular weight excluding hydrogens is 483 g/mol. The summed E-state index contributed by atoms with van der Waals surface area (Å²) in [5, 5.41) is 12.7. The number of rotatable bonds is 4. The highest BCUT2D eigenvalue weighted by molar-refractivity contribution is 6.35. The second kappa shape index (κ2) is 8.51. The molecule has 33 heavy (non-hydrogen) atoms. The average Bonchev–Trinajstić information content (AvgIpc) is 3.41. The zero-order valence-electron chi connectivity index (χ0n) is 17.1. The molecule has 7 nitrogen and oxygen atoms in total. The number of imidazole rings is 1. The predicted octanol–water partition coefficient (Wildman–Crippen LogP) is 6.17. The minimum Gasteiger partial charge on any atom is -0.325 e. The monoisotopic (exact) mass is 496 g/mol. The predicted molar refractivity (Wildman–Crippen MR) is 130 cm³/mol. The van der Waals surface area contributed by atoms with Crippen molar-refractivity contribution in [1.29, 1.82) is 0 Å². The van der Waals surface area contributed by atoms with Crippen molar-refractivity contribution in [3.05, 3.63) is 82.2 Å². The van der Waals surface area contributed by atoms with E-state index in [2.05, 4.69) is 15.5 Å². The van der Waals surface area contributed by atoms with Gasteiger partial charge in [0.05, 0.1) is 21.4 Å². The molecule has 3 heterocycles. The maximum atomic E-state index is 11.4. The average molecular weight is 498 g/mol. The first kappa shape index (κ1) is 21.5. The van der Waals surface area contributed by atoms with Crippen LogP contribution in [-0.4, -0.2) is 30.1 Å². The smallest absolute Gasteiger partial charge is 0.221 e. The Labute approximate surface area is 203 Å². The summed E-state index contributed by atoms with van der Waals surface area (Å²) in [7, 11) is 0. The molecular formula is C23H15Cl3N6O. The number of anilines is 1. The topological polar surface area (TPSA) is 77.1 Å². The Bertz CT molecular complexity index is 1520. The summed E-state index contributed by atoms with van der Waals surface area (Å²) in [6.07, 6.45) is 3.48. The maximum Gasteiger partial charge on any atom is 0.221 e. The SMILES string of the molecule is CC(=O)Nc1ccc(-n2cnnc2-c2c(-c3cc(Cl)ccc3Cl)nc3ccccn23)cc1Cl. The highest BCUT2D eigenvalue weighted by atomic mass is 35.5. The number of benzene rings is 2. The molecule has 5 rings (SSSR count). The molecule has 5 aromatic rings. The van der Waals surface area contributed by atoms with Crippen molar-refractivity contribution in [2.24, 2.45) is 0 Å². The Morgan fingerprint density at radius 3 is 2.64 bits per heavy atom. The molecule has 0 saturated heterocycles. The molecule has 0 aliphatic rings. The number of halogens is 3. The van der Waals surface area contributed by atoms with Gasteiger partial charge in [-0.1, -0.05) is 40.9 Å². The molecule has 0 aliphatic heterocycles. The van der Waals surface area contributed by atoms with E-state index in [0.717, 1.165) is 0 Å². The first-order valence-corrected chi connectivity index (χ1v) is 11.0. The van der Waals surface area contributed by atoms with Gasteiger partial charge in [-0.2, -0.15) is 0 Å². The molecule has 0 unspecified atom stereocenters. The maximum absolute atomic E-state index is 11.4. The van der Waals surface area contributed by atoms with E-state index in [0.29, 0.717) is 54.9 Å². The summed E-state index contributed by atoms with van der Waals surface area (Å²) in [5.41, 5.74) is 3.92. The number of fused-ring (bicyclic) bond motifs is 1. The largest absolute Gasteiger partial charge is 0.325 e. The van der Waals surface area contributed by atoms with Crippen molar-refractivity contribution in [2.75, 3.05) is 5.32 Å². The van der Waals surface area contributed by atoms with Crippen molar-refractivity contribution >= 4 is 52.0 Å². The number of pyridine rings is 1. The number of hydrogen-bond acceptors (Lipinski definition) is 4. The Kier molecular flexibility index (Phi) is 5.54. The molecule has 0 aliphatic carbocycles. The minimum atomic E-state index is -0.205. The lowest BCUT2D eigenvalue weighted by atomic mass is 10.1. The van der Waals surface area contributed by atoms with Crippen LogP contribution in [-0.2, 0) is 4.79 Å². The fraction of sp³-hybridized carbons (Fsp3) is 0.0435. The molecule has 2 aromatic carbocycles. The van der Waals surface area contributed by atoms with Gasteiger partial charge in [-0.3, -0.25) is 13.8 Å². The van der Waals surface area contributed by atoms with E-state index in [1.807, 2.05) is 34.9 Å². The molecule has 1 N–H and O–H groups in total. The summed E-state index contributed by atoms with van der Waals surface area (Å²) in [6, 6.07) is 16.2. The zero-order chi connectivity index (χ0) is 23.1. The van der Waals surface area contributed by atoms with Gasteiger partial charge >= 0.3 is 0 Å². The lowest BCUT2D eigenvalue weighted by Gasteiger charge is -2.11. The van der Waals surface area contributed by atoms with Gasteiger partial charge in [-0.05, 0) is 48.5 Å². The molecule has 164 valence electrons. The summed E-state index contributed by atoms with van der Waals surface area (Å²) in [5.74, 6) is 0.325. The number of carbonyl (C=O) groups is 1. The van der Waals surface area contributed by atoms with Crippen molar-refractivity contribution < 1.29 is 4.79 Å². The van der Waals surface area contributed by atoms with Gasteiger partial charge in [0.1, 0.15) is 23.4 Å². The first-order valence-electron chi connectivity index (χ1n) is 9.83.